The number of benzene rings is 3. The summed E-state index contributed by atoms with van der Waals surface area (Å²) in [5.41, 5.74) is 1.51. The molecule has 0 radical (unpaired) electrons. The second-order valence-electron chi connectivity index (χ2n) is 10.4. The summed E-state index contributed by atoms with van der Waals surface area (Å²) >= 11 is 12.7. The van der Waals surface area contributed by atoms with E-state index in [0.29, 0.717) is 32.6 Å². The maximum atomic E-state index is 14.2. The molecule has 0 bridgehead atoms. The molecule has 9 heteroatoms. The van der Waals surface area contributed by atoms with E-state index < -0.39 is 11.6 Å². The number of methoxy groups -OCH3 is 1. The van der Waals surface area contributed by atoms with Crippen LogP contribution in [-0.2, 0) is 16.8 Å². The van der Waals surface area contributed by atoms with Crippen molar-refractivity contribution < 1.29 is 19.1 Å². The molecule has 1 unspecified atom stereocenters. The number of carbonyl (C=O) groups excluding carboxylic acids is 2. The molecule has 6 rings (SSSR count). The van der Waals surface area contributed by atoms with Crippen molar-refractivity contribution in [1.82, 2.24) is 9.88 Å². The summed E-state index contributed by atoms with van der Waals surface area (Å²) < 4.78 is 13.4. The molecule has 7 nitrogen and oxygen atoms in total. The van der Waals surface area contributed by atoms with Crippen LogP contribution in [-0.4, -0.2) is 29.7 Å². The van der Waals surface area contributed by atoms with Gasteiger partial charge in [0, 0.05) is 51.3 Å². The Labute approximate surface area is 242 Å². The van der Waals surface area contributed by atoms with Gasteiger partial charge in [0.2, 0.25) is 5.88 Å². The number of hydrogen-bond donors (Lipinski definition) is 2. The Morgan fingerprint density at radius 2 is 1.82 bits per heavy atom. The van der Waals surface area contributed by atoms with Gasteiger partial charge in [-0.15, -0.1) is 0 Å². The first-order valence-corrected chi connectivity index (χ1v) is 14.2. The first-order chi connectivity index (χ1) is 19.4. The van der Waals surface area contributed by atoms with Gasteiger partial charge in [-0.3, -0.25) is 9.36 Å². The number of ether oxygens (including phenoxy) is 2. The summed E-state index contributed by atoms with van der Waals surface area (Å²) in [7, 11) is 1.59. The molecule has 1 saturated carbocycles. The van der Waals surface area contributed by atoms with Gasteiger partial charge in [-0.2, -0.15) is 0 Å². The van der Waals surface area contributed by atoms with Gasteiger partial charge >= 0.3 is 6.09 Å². The quantitative estimate of drug-likeness (QED) is 0.251. The lowest BCUT2D eigenvalue weighted by Crippen LogP contribution is -2.45. The maximum absolute atomic E-state index is 14.2. The highest BCUT2D eigenvalue weighted by atomic mass is 35.5. The van der Waals surface area contributed by atoms with Gasteiger partial charge in [-0.05, 0) is 54.8 Å². The number of fused-ring (bicyclic) bond motifs is 2. The Kier molecular flexibility index (Phi) is 7.11. The smallest absolute Gasteiger partial charge is 0.414 e. The summed E-state index contributed by atoms with van der Waals surface area (Å²) in [5.74, 6) is 0.580. The van der Waals surface area contributed by atoms with Gasteiger partial charge < -0.3 is 20.1 Å². The largest absolute Gasteiger partial charge is 0.497 e. The Morgan fingerprint density at radius 3 is 2.60 bits per heavy atom. The average molecular weight is 578 g/mol. The summed E-state index contributed by atoms with van der Waals surface area (Å²) in [6, 6.07) is 20.2. The summed E-state index contributed by atoms with van der Waals surface area (Å²) in [6.45, 7) is 0. The van der Waals surface area contributed by atoms with Crippen LogP contribution in [0.5, 0.6) is 11.6 Å². The number of amides is 2. The third-order valence-corrected chi connectivity index (χ3v) is 8.35. The van der Waals surface area contributed by atoms with Crippen LogP contribution in [0.1, 0.15) is 43.2 Å². The van der Waals surface area contributed by atoms with Gasteiger partial charge in [-0.25, -0.2) is 4.79 Å². The molecule has 2 aliphatic rings. The van der Waals surface area contributed by atoms with Crippen molar-refractivity contribution >= 4 is 51.8 Å². The van der Waals surface area contributed by atoms with E-state index in [9.17, 15) is 9.59 Å². The van der Waals surface area contributed by atoms with E-state index in [-0.39, 0.29) is 24.2 Å². The number of halogens is 2. The second kappa shape index (κ2) is 10.7. The zero-order valence-electron chi connectivity index (χ0n) is 22.0. The third kappa shape index (κ3) is 4.78. The van der Waals surface area contributed by atoms with E-state index in [4.69, 9.17) is 32.7 Å². The molecule has 3 aromatic carbocycles. The molecule has 206 valence electrons. The molecule has 40 heavy (non-hydrogen) atoms. The molecule has 1 aliphatic carbocycles. The SMILES string of the molecule is COc1ccc2cc(OC(=O)NC3CCCCC3)n(C3(Cc4cccc(Cl)c4)C(=O)Nc4cc(Cl)ccc43)c2c1. The van der Waals surface area contributed by atoms with Crippen molar-refractivity contribution in [2.75, 3.05) is 12.4 Å². The zero-order valence-corrected chi connectivity index (χ0v) is 23.5. The third-order valence-electron chi connectivity index (χ3n) is 7.88. The minimum atomic E-state index is -1.32. The lowest BCUT2D eigenvalue weighted by molar-refractivity contribution is -0.121. The van der Waals surface area contributed by atoms with Crippen molar-refractivity contribution in [2.24, 2.45) is 0 Å². The number of aromatic nitrogens is 1. The molecule has 0 spiro atoms. The fourth-order valence-corrected chi connectivity index (χ4v) is 6.42. The minimum Gasteiger partial charge on any atom is -0.497 e. The van der Waals surface area contributed by atoms with Gasteiger partial charge in [-0.1, -0.05) is 60.7 Å². The van der Waals surface area contributed by atoms with Gasteiger partial charge in [0.1, 0.15) is 5.75 Å². The molecule has 2 amide bonds. The van der Waals surface area contributed by atoms with E-state index in [2.05, 4.69) is 10.6 Å². The fraction of sp³-hybridized carbons (Fsp3) is 0.290. The highest BCUT2D eigenvalue weighted by Gasteiger charge is 2.51. The molecule has 1 aliphatic heterocycles. The van der Waals surface area contributed by atoms with E-state index in [1.165, 1.54) is 6.42 Å². The Hall–Kier alpha value is -3.68. The standard InChI is InChI=1S/C31H29Cl2N3O4/c1-39-24-12-10-20-15-28(40-30(38)34-23-8-3-2-4-9-23)36(27(20)17-24)31(18-19-6-5-7-21(32)14-19)25-13-11-22(33)16-26(25)35-29(31)37/h5-7,10-17,23H,2-4,8-9,18H2,1H3,(H,34,38)(H,35,37). The van der Waals surface area contributed by atoms with Crippen LogP contribution >= 0.6 is 23.2 Å². The first-order valence-electron chi connectivity index (χ1n) is 13.4. The summed E-state index contributed by atoms with van der Waals surface area (Å²) in [5, 5.41) is 7.91. The van der Waals surface area contributed by atoms with Gasteiger partial charge in [0.15, 0.2) is 5.54 Å². The van der Waals surface area contributed by atoms with Crippen molar-refractivity contribution in [3.63, 3.8) is 0 Å². The number of nitrogens with zero attached hydrogens (tertiary/aromatic N) is 1. The molecular formula is C31H29Cl2N3O4. The number of hydrogen-bond acceptors (Lipinski definition) is 4. The molecule has 2 heterocycles. The van der Waals surface area contributed by atoms with Crippen LogP contribution in [0.25, 0.3) is 10.9 Å². The first kappa shape index (κ1) is 26.5. The monoisotopic (exact) mass is 577 g/mol. The van der Waals surface area contributed by atoms with E-state index in [1.807, 2.05) is 42.5 Å². The van der Waals surface area contributed by atoms with Crippen LogP contribution in [0.2, 0.25) is 10.0 Å². The summed E-state index contributed by atoms with van der Waals surface area (Å²) in [4.78, 5) is 27.4. The highest BCUT2D eigenvalue weighted by Crippen LogP contribution is 2.47. The number of rotatable bonds is 6. The molecule has 0 saturated heterocycles. The van der Waals surface area contributed by atoms with Crippen molar-refractivity contribution in [3.05, 3.63) is 87.9 Å². The molecule has 4 aromatic rings. The second-order valence-corrected chi connectivity index (χ2v) is 11.3. The Bertz CT molecular complexity index is 1610. The van der Waals surface area contributed by atoms with Crippen molar-refractivity contribution in [1.29, 1.82) is 0 Å². The van der Waals surface area contributed by atoms with Crippen LogP contribution in [0.3, 0.4) is 0 Å². The molecule has 1 aromatic heterocycles. The summed E-state index contributed by atoms with van der Waals surface area (Å²) in [6.07, 6.45) is 4.87. The minimum absolute atomic E-state index is 0.0669. The predicted octanol–water partition coefficient (Wildman–Crippen LogP) is 7.32. The van der Waals surface area contributed by atoms with Crippen LogP contribution < -0.4 is 20.1 Å². The molecule has 1 atom stereocenters. The Morgan fingerprint density at radius 1 is 1.02 bits per heavy atom. The highest BCUT2D eigenvalue weighted by molar-refractivity contribution is 6.31. The normalized spacial score (nSPS) is 18.8. The van der Waals surface area contributed by atoms with E-state index >= 15 is 0 Å². The van der Waals surface area contributed by atoms with Gasteiger partial charge in [0.25, 0.3) is 5.91 Å². The van der Waals surface area contributed by atoms with Crippen LogP contribution in [0, 0.1) is 0 Å². The average Bonchev–Trinajstić information content (AvgIpc) is 3.42. The molecular weight excluding hydrogens is 549 g/mol. The number of nitrogens with one attached hydrogen (secondary N) is 2. The zero-order chi connectivity index (χ0) is 27.9. The fourth-order valence-electron chi connectivity index (χ4n) is 6.04. The maximum Gasteiger partial charge on any atom is 0.414 e. The lowest BCUT2D eigenvalue weighted by Gasteiger charge is -2.32. The Balaban J connectivity index is 1.55. The topological polar surface area (TPSA) is 81.6 Å². The number of anilines is 1. The van der Waals surface area contributed by atoms with Crippen molar-refractivity contribution in [3.8, 4) is 11.6 Å². The van der Waals surface area contributed by atoms with E-state index in [1.54, 1.807) is 35.9 Å². The van der Waals surface area contributed by atoms with Gasteiger partial charge in [0.05, 0.1) is 12.6 Å². The van der Waals surface area contributed by atoms with Crippen LogP contribution in [0.4, 0.5) is 10.5 Å². The molecule has 1 fully saturated rings. The lowest BCUT2D eigenvalue weighted by atomic mass is 9.84. The predicted molar refractivity (Wildman–Crippen MR) is 157 cm³/mol. The van der Waals surface area contributed by atoms with Crippen molar-refractivity contribution in [2.45, 2.75) is 50.1 Å². The van der Waals surface area contributed by atoms with Crippen LogP contribution in [0.15, 0.2) is 66.7 Å². The van der Waals surface area contributed by atoms with E-state index in [0.717, 1.165) is 36.6 Å². The number of carbonyl (C=O) groups is 2. The molecule has 2 N–H and O–H groups in total.